The van der Waals surface area contributed by atoms with Gasteiger partial charge in [0.25, 0.3) is 0 Å². The van der Waals surface area contributed by atoms with Gasteiger partial charge in [0.2, 0.25) is 0 Å². The van der Waals surface area contributed by atoms with Crippen molar-refractivity contribution >= 4 is 6.03 Å². The van der Waals surface area contributed by atoms with Gasteiger partial charge in [-0.3, -0.25) is 0 Å². The number of urea groups is 1. The molecule has 1 saturated heterocycles. The van der Waals surface area contributed by atoms with Crippen LogP contribution >= 0.6 is 0 Å². The van der Waals surface area contributed by atoms with E-state index in [1.54, 1.807) is 16.9 Å². The van der Waals surface area contributed by atoms with Gasteiger partial charge < -0.3 is 14.5 Å². The van der Waals surface area contributed by atoms with Crippen molar-refractivity contribution in [1.82, 2.24) is 9.80 Å². The molecule has 0 spiro atoms. The standard InChI is InChI=1S/C7H14N2O2/c1-8-3-4-9(7(8)10)5-6-11-2/h3-6H2,1-2H3. The van der Waals surface area contributed by atoms with Crippen LogP contribution in [0.4, 0.5) is 4.79 Å². The average molecular weight is 158 g/mol. The summed E-state index contributed by atoms with van der Waals surface area (Å²) in [5.74, 6) is 0. The van der Waals surface area contributed by atoms with Crippen LogP contribution < -0.4 is 0 Å². The zero-order valence-electron chi connectivity index (χ0n) is 7.04. The monoisotopic (exact) mass is 158 g/mol. The molecule has 2 amide bonds. The highest BCUT2D eigenvalue weighted by Gasteiger charge is 2.24. The highest BCUT2D eigenvalue weighted by molar-refractivity contribution is 5.76. The van der Waals surface area contributed by atoms with Gasteiger partial charge in [-0.15, -0.1) is 0 Å². The van der Waals surface area contributed by atoms with E-state index >= 15 is 0 Å². The average Bonchev–Trinajstić information content (AvgIpc) is 2.31. The van der Waals surface area contributed by atoms with E-state index in [9.17, 15) is 4.79 Å². The maximum atomic E-state index is 11.2. The van der Waals surface area contributed by atoms with Crippen molar-refractivity contribution in [2.75, 3.05) is 40.4 Å². The Labute approximate surface area is 66.7 Å². The van der Waals surface area contributed by atoms with Gasteiger partial charge in [-0.2, -0.15) is 0 Å². The molecule has 1 rings (SSSR count). The molecule has 0 bridgehead atoms. The van der Waals surface area contributed by atoms with Gasteiger partial charge in [-0.05, 0) is 0 Å². The van der Waals surface area contributed by atoms with Crippen molar-refractivity contribution in [1.29, 1.82) is 0 Å². The van der Waals surface area contributed by atoms with Crippen molar-refractivity contribution in [2.24, 2.45) is 0 Å². The first kappa shape index (κ1) is 8.33. The van der Waals surface area contributed by atoms with Gasteiger partial charge in [0.15, 0.2) is 0 Å². The SMILES string of the molecule is COCCN1CCN(C)C1=O. The fourth-order valence-electron chi connectivity index (χ4n) is 1.11. The Kier molecular flexibility index (Phi) is 2.70. The second-order valence-electron chi connectivity index (χ2n) is 2.68. The Balaban J connectivity index is 2.30. The largest absolute Gasteiger partial charge is 0.383 e. The summed E-state index contributed by atoms with van der Waals surface area (Å²) in [5, 5.41) is 0. The van der Waals surface area contributed by atoms with E-state index in [2.05, 4.69) is 0 Å². The molecular formula is C7H14N2O2. The number of likely N-dealkylation sites (N-methyl/N-ethyl adjacent to an activating group) is 1. The molecule has 1 heterocycles. The number of carbonyl (C=O) groups is 1. The van der Waals surface area contributed by atoms with Crippen molar-refractivity contribution in [3.63, 3.8) is 0 Å². The minimum Gasteiger partial charge on any atom is -0.383 e. The number of hydrogen-bond acceptors (Lipinski definition) is 2. The lowest BCUT2D eigenvalue weighted by molar-refractivity contribution is 0.156. The Morgan fingerprint density at radius 3 is 2.73 bits per heavy atom. The first-order chi connectivity index (χ1) is 5.25. The number of carbonyl (C=O) groups excluding carboxylic acids is 1. The third-order valence-electron chi connectivity index (χ3n) is 1.87. The lowest BCUT2D eigenvalue weighted by Gasteiger charge is -2.14. The van der Waals surface area contributed by atoms with Gasteiger partial charge in [0.1, 0.15) is 0 Å². The van der Waals surface area contributed by atoms with Crippen molar-refractivity contribution < 1.29 is 9.53 Å². The second-order valence-corrected chi connectivity index (χ2v) is 2.68. The van der Waals surface area contributed by atoms with Crippen LogP contribution in [-0.2, 0) is 4.74 Å². The van der Waals surface area contributed by atoms with E-state index in [1.165, 1.54) is 0 Å². The zero-order valence-corrected chi connectivity index (χ0v) is 7.04. The van der Waals surface area contributed by atoms with E-state index in [0.29, 0.717) is 13.2 Å². The third-order valence-corrected chi connectivity index (χ3v) is 1.87. The molecule has 0 N–H and O–H groups in total. The summed E-state index contributed by atoms with van der Waals surface area (Å²) in [5.41, 5.74) is 0. The normalized spacial score (nSPS) is 18.2. The second kappa shape index (κ2) is 3.57. The Morgan fingerprint density at radius 1 is 1.55 bits per heavy atom. The van der Waals surface area contributed by atoms with Crippen molar-refractivity contribution in [3.05, 3.63) is 0 Å². The highest BCUT2D eigenvalue weighted by atomic mass is 16.5. The molecule has 0 radical (unpaired) electrons. The number of hydrogen-bond donors (Lipinski definition) is 0. The number of methoxy groups -OCH3 is 1. The fraction of sp³-hybridized carbons (Fsp3) is 0.857. The lowest BCUT2D eigenvalue weighted by atomic mass is 10.5. The quantitative estimate of drug-likeness (QED) is 0.579. The topological polar surface area (TPSA) is 32.8 Å². The molecule has 0 aromatic heterocycles. The summed E-state index contributed by atoms with van der Waals surface area (Å²) in [6, 6.07) is 0.113. The van der Waals surface area contributed by atoms with Crippen LogP contribution in [0.25, 0.3) is 0 Å². The predicted molar refractivity (Wildman–Crippen MR) is 41.5 cm³/mol. The minimum atomic E-state index is 0.113. The number of nitrogens with zero attached hydrogens (tertiary/aromatic N) is 2. The van der Waals surface area contributed by atoms with E-state index in [0.717, 1.165) is 13.1 Å². The predicted octanol–water partition coefficient (Wildman–Crippen LogP) is 0.000200. The van der Waals surface area contributed by atoms with Crippen LogP contribution in [0.15, 0.2) is 0 Å². The van der Waals surface area contributed by atoms with E-state index < -0.39 is 0 Å². The maximum absolute atomic E-state index is 11.2. The molecule has 0 aliphatic carbocycles. The summed E-state index contributed by atoms with van der Waals surface area (Å²) in [4.78, 5) is 14.7. The Bertz CT molecular complexity index is 149. The van der Waals surface area contributed by atoms with Crippen LogP contribution in [0.5, 0.6) is 0 Å². The van der Waals surface area contributed by atoms with Crippen LogP contribution in [0.1, 0.15) is 0 Å². The minimum absolute atomic E-state index is 0.113. The molecule has 4 heteroatoms. The van der Waals surface area contributed by atoms with Gasteiger partial charge in [-0.25, -0.2) is 4.79 Å². The third kappa shape index (κ3) is 1.83. The first-order valence-electron chi connectivity index (χ1n) is 3.74. The van der Waals surface area contributed by atoms with Crippen molar-refractivity contribution in [3.8, 4) is 0 Å². The van der Waals surface area contributed by atoms with Gasteiger partial charge in [0.05, 0.1) is 6.61 Å². The molecule has 0 saturated carbocycles. The molecular weight excluding hydrogens is 144 g/mol. The van der Waals surface area contributed by atoms with Gasteiger partial charge >= 0.3 is 6.03 Å². The molecule has 0 aromatic rings. The molecule has 0 unspecified atom stereocenters. The fourth-order valence-corrected chi connectivity index (χ4v) is 1.11. The van der Waals surface area contributed by atoms with Crippen LogP contribution in [-0.4, -0.2) is 56.2 Å². The number of ether oxygens (including phenoxy) is 1. The first-order valence-corrected chi connectivity index (χ1v) is 3.74. The number of rotatable bonds is 3. The smallest absolute Gasteiger partial charge is 0.319 e. The summed E-state index contributed by atoms with van der Waals surface area (Å²) >= 11 is 0. The van der Waals surface area contributed by atoms with Gasteiger partial charge in [-0.1, -0.05) is 0 Å². The summed E-state index contributed by atoms with van der Waals surface area (Å²) in [7, 11) is 3.46. The Hall–Kier alpha value is -0.770. The van der Waals surface area contributed by atoms with E-state index in [-0.39, 0.29) is 6.03 Å². The molecule has 1 aliphatic rings. The molecule has 1 aliphatic heterocycles. The summed E-state index contributed by atoms with van der Waals surface area (Å²) in [6.07, 6.45) is 0. The molecule has 1 fully saturated rings. The van der Waals surface area contributed by atoms with Crippen molar-refractivity contribution in [2.45, 2.75) is 0 Å². The van der Waals surface area contributed by atoms with Crippen LogP contribution in [0.3, 0.4) is 0 Å². The van der Waals surface area contributed by atoms with Gasteiger partial charge in [0, 0.05) is 33.8 Å². The van der Waals surface area contributed by atoms with E-state index in [4.69, 9.17) is 4.74 Å². The maximum Gasteiger partial charge on any atom is 0.319 e. The molecule has 0 aromatic carbocycles. The zero-order chi connectivity index (χ0) is 8.27. The Morgan fingerprint density at radius 2 is 2.27 bits per heavy atom. The number of amides is 2. The molecule has 4 nitrogen and oxygen atoms in total. The lowest BCUT2D eigenvalue weighted by Crippen LogP contribution is -2.31. The van der Waals surface area contributed by atoms with Crippen LogP contribution in [0.2, 0.25) is 0 Å². The summed E-state index contributed by atoms with van der Waals surface area (Å²) < 4.78 is 4.87. The van der Waals surface area contributed by atoms with E-state index in [1.807, 2.05) is 7.05 Å². The molecule has 64 valence electrons. The molecule has 0 atom stereocenters. The van der Waals surface area contributed by atoms with Crippen LogP contribution in [0, 0.1) is 0 Å². The summed E-state index contributed by atoms with van der Waals surface area (Å²) in [6.45, 7) is 3.00. The highest BCUT2D eigenvalue weighted by Crippen LogP contribution is 2.04. The molecule has 11 heavy (non-hydrogen) atoms.